The van der Waals surface area contributed by atoms with Crippen LogP contribution in [0.5, 0.6) is 0 Å². The smallest absolute Gasteiger partial charge is 0.159 e. The van der Waals surface area contributed by atoms with Crippen molar-refractivity contribution >= 4 is 11.3 Å². The molecule has 0 amide bonds. The van der Waals surface area contributed by atoms with Crippen LogP contribution in [0.2, 0.25) is 0 Å². The Morgan fingerprint density at radius 1 is 1.50 bits per heavy atom. The van der Waals surface area contributed by atoms with Crippen molar-refractivity contribution in [3.8, 4) is 0 Å². The highest BCUT2D eigenvalue weighted by Gasteiger charge is 2.27. The minimum Gasteiger partial charge on any atom is -0.385 e. The summed E-state index contributed by atoms with van der Waals surface area (Å²) in [6, 6.07) is 1.91. The van der Waals surface area contributed by atoms with Crippen molar-refractivity contribution in [2.45, 2.75) is 25.2 Å². The summed E-state index contributed by atoms with van der Waals surface area (Å²) in [6.45, 7) is 1.76. The molecule has 0 saturated heterocycles. The summed E-state index contributed by atoms with van der Waals surface area (Å²) in [5.74, 6) is 0. The van der Waals surface area contributed by atoms with Crippen LogP contribution in [0.3, 0.4) is 0 Å². The fourth-order valence-electron chi connectivity index (χ4n) is 1.28. The van der Waals surface area contributed by atoms with Crippen molar-refractivity contribution in [2.75, 3.05) is 14.2 Å². The number of rotatable bonds is 5. The number of methoxy groups -OCH3 is 2. The quantitative estimate of drug-likeness (QED) is 0.765. The van der Waals surface area contributed by atoms with Gasteiger partial charge in [0.1, 0.15) is 0 Å². The monoisotopic (exact) mass is 216 g/mol. The largest absolute Gasteiger partial charge is 0.385 e. The molecular formula is C10H16O3S. The van der Waals surface area contributed by atoms with Gasteiger partial charge in [0, 0.05) is 20.6 Å². The van der Waals surface area contributed by atoms with Gasteiger partial charge in [0.2, 0.25) is 0 Å². The summed E-state index contributed by atoms with van der Waals surface area (Å²) in [5.41, 5.74) is 0.0121. The molecule has 1 unspecified atom stereocenters. The molecule has 0 spiro atoms. The molecule has 1 atom stereocenters. The molecule has 4 heteroatoms. The highest BCUT2D eigenvalue weighted by atomic mass is 32.1. The Labute approximate surface area is 88.3 Å². The van der Waals surface area contributed by atoms with E-state index in [2.05, 4.69) is 0 Å². The third-order valence-corrected chi connectivity index (χ3v) is 2.92. The summed E-state index contributed by atoms with van der Waals surface area (Å²) in [7, 11) is 3.13. The molecule has 0 aromatic carbocycles. The zero-order chi connectivity index (χ0) is 10.6. The van der Waals surface area contributed by atoms with Gasteiger partial charge in [0.05, 0.1) is 5.60 Å². The lowest BCUT2D eigenvalue weighted by atomic mass is 9.95. The van der Waals surface area contributed by atoms with E-state index >= 15 is 0 Å². The van der Waals surface area contributed by atoms with Crippen LogP contribution in [0.1, 0.15) is 18.9 Å². The minimum atomic E-state index is -0.892. The van der Waals surface area contributed by atoms with Gasteiger partial charge in [-0.25, -0.2) is 0 Å². The van der Waals surface area contributed by atoms with Gasteiger partial charge in [-0.15, -0.1) is 0 Å². The average Bonchev–Trinajstić information content (AvgIpc) is 2.67. The second kappa shape index (κ2) is 4.89. The van der Waals surface area contributed by atoms with E-state index in [0.29, 0.717) is 6.42 Å². The third kappa shape index (κ3) is 2.78. The third-order valence-electron chi connectivity index (χ3n) is 2.23. The highest BCUT2D eigenvalue weighted by Crippen LogP contribution is 2.28. The first kappa shape index (κ1) is 11.7. The van der Waals surface area contributed by atoms with E-state index in [-0.39, 0.29) is 6.29 Å². The normalized spacial score (nSPS) is 15.8. The Balaban J connectivity index is 2.66. The molecule has 1 aromatic heterocycles. The van der Waals surface area contributed by atoms with Crippen LogP contribution >= 0.6 is 11.3 Å². The number of aliphatic hydroxyl groups is 1. The molecule has 0 saturated carbocycles. The van der Waals surface area contributed by atoms with Crippen LogP contribution in [0.25, 0.3) is 0 Å². The van der Waals surface area contributed by atoms with E-state index in [1.54, 1.807) is 32.5 Å². The lowest BCUT2D eigenvalue weighted by Gasteiger charge is -2.26. The summed E-state index contributed by atoms with van der Waals surface area (Å²) in [4.78, 5) is 0. The first-order valence-electron chi connectivity index (χ1n) is 4.41. The van der Waals surface area contributed by atoms with Crippen LogP contribution in [-0.4, -0.2) is 25.6 Å². The predicted molar refractivity (Wildman–Crippen MR) is 56.3 cm³/mol. The minimum absolute atomic E-state index is 0.370. The molecule has 0 fully saturated rings. The molecular weight excluding hydrogens is 200 g/mol. The SMILES string of the molecule is COC(CC(C)(O)c1ccsc1)OC. The topological polar surface area (TPSA) is 38.7 Å². The van der Waals surface area contributed by atoms with Crippen molar-refractivity contribution < 1.29 is 14.6 Å². The Morgan fingerprint density at radius 2 is 2.14 bits per heavy atom. The molecule has 1 N–H and O–H groups in total. The standard InChI is InChI=1S/C10H16O3S/c1-10(11,6-9(12-2)13-3)8-4-5-14-7-8/h4-5,7,9,11H,6H2,1-3H3. The average molecular weight is 216 g/mol. The number of hydrogen-bond donors (Lipinski definition) is 1. The van der Waals surface area contributed by atoms with E-state index in [1.165, 1.54) is 0 Å². The molecule has 0 aliphatic carbocycles. The molecule has 0 aliphatic heterocycles. The fraction of sp³-hybridized carbons (Fsp3) is 0.600. The van der Waals surface area contributed by atoms with E-state index in [9.17, 15) is 5.11 Å². The lowest BCUT2D eigenvalue weighted by Crippen LogP contribution is -2.29. The van der Waals surface area contributed by atoms with Gasteiger partial charge in [-0.1, -0.05) is 0 Å². The summed E-state index contributed by atoms with van der Waals surface area (Å²) < 4.78 is 10.1. The van der Waals surface area contributed by atoms with Gasteiger partial charge in [0.15, 0.2) is 6.29 Å². The number of hydrogen-bond acceptors (Lipinski definition) is 4. The van der Waals surface area contributed by atoms with Crippen molar-refractivity contribution in [3.05, 3.63) is 22.4 Å². The van der Waals surface area contributed by atoms with Crippen LogP contribution < -0.4 is 0 Å². The van der Waals surface area contributed by atoms with E-state index in [1.807, 2.05) is 16.8 Å². The van der Waals surface area contributed by atoms with E-state index < -0.39 is 5.60 Å². The fourth-order valence-corrected chi connectivity index (χ4v) is 2.06. The highest BCUT2D eigenvalue weighted by molar-refractivity contribution is 7.08. The van der Waals surface area contributed by atoms with Crippen molar-refractivity contribution in [2.24, 2.45) is 0 Å². The van der Waals surface area contributed by atoms with Crippen molar-refractivity contribution in [3.63, 3.8) is 0 Å². The first-order chi connectivity index (χ1) is 6.60. The first-order valence-corrected chi connectivity index (χ1v) is 5.35. The molecule has 3 nitrogen and oxygen atoms in total. The molecule has 1 heterocycles. The van der Waals surface area contributed by atoms with Crippen LogP contribution in [0, 0.1) is 0 Å². The molecule has 80 valence electrons. The second-order valence-corrected chi connectivity index (χ2v) is 4.17. The van der Waals surface area contributed by atoms with Gasteiger partial charge in [0.25, 0.3) is 0 Å². The van der Waals surface area contributed by atoms with Crippen molar-refractivity contribution in [1.82, 2.24) is 0 Å². The molecule has 0 radical (unpaired) electrons. The summed E-state index contributed by atoms with van der Waals surface area (Å²) in [6.07, 6.45) is 0.0569. The van der Waals surface area contributed by atoms with E-state index in [0.717, 1.165) is 5.56 Å². The molecule has 0 aliphatic rings. The Morgan fingerprint density at radius 3 is 2.57 bits per heavy atom. The van der Waals surface area contributed by atoms with Crippen LogP contribution in [0.4, 0.5) is 0 Å². The number of ether oxygens (including phenoxy) is 2. The van der Waals surface area contributed by atoms with Gasteiger partial charge >= 0.3 is 0 Å². The maximum atomic E-state index is 10.2. The summed E-state index contributed by atoms with van der Waals surface area (Å²) in [5, 5.41) is 14.0. The zero-order valence-corrected chi connectivity index (χ0v) is 9.50. The van der Waals surface area contributed by atoms with Gasteiger partial charge < -0.3 is 14.6 Å². The lowest BCUT2D eigenvalue weighted by molar-refractivity contribution is -0.142. The number of thiophene rings is 1. The Bertz CT molecular complexity index is 252. The van der Waals surface area contributed by atoms with E-state index in [4.69, 9.17) is 9.47 Å². The maximum Gasteiger partial charge on any atom is 0.159 e. The molecule has 1 aromatic rings. The van der Waals surface area contributed by atoms with Crippen molar-refractivity contribution in [1.29, 1.82) is 0 Å². The summed E-state index contributed by atoms with van der Waals surface area (Å²) >= 11 is 1.57. The Hall–Kier alpha value is -0.420. The molecule has 14 heavy (non-hydrogen) atoms. The zero-order valence-electron chi connectivity index (χ0n) is 8.69. The van der Waals surface area contributed by atoms with Crippen LogP contribution in [-0.2, 0) is 15.1 Å². The molecule has 0 bridgehead atoms. The predicted octanol–water partition coefficient (Wildman–Crippen LogP) is 1.96. The Kier molecular flexibility index (Phi) is 4.07. The maximum absolute atomic E-state index is 10.2. The molecule has 1 rings (SSSR count). The van der Waals surface area contributed by atoms with Gasteiger partial charge in [-0.05, 0) is 29.3 Å². The second-order valence-electron chi connectivity index (χ2n) is 3.39. The van der Waals surface area contributed by atoms with Crippen LogP contribution in [0.15, 0.2) is 16.8 Å². The van der Waals surface area contributed by atoms with Gasteiger partial charge in [-0.2, -0.15) is 11.3 Å². The van der Waals surface area contributed by atoms with Gasteiger partial charge in [-0.3, -0.25) is 0 Å².